The standard InChI is InChI=1S/C16H25ClN2O/c1-2-18-16(14-4-3-5-15(17)10-14)7-9-19-8-6-13(11-19)12-20/h3-5,10,13,16,18,20H,2,6-9,11-12H2,1H3. The highest BCUT2D eigenvalue weighted by molar-refractivity contribution is 6.30. The highest BCUT2D eigenvalue weighted by Crippen LogP contribution is 2.22. The Morgan fingerprint density at radius 3 is 3.00 bits per heavy atom. The van der Waals surface area contributed by atoms with E-state index in [1.807, 2.05) is 12.1 Å². The Morgan fingerprint density at radius 1 is 1.50 bits per heavy atom. The number of benzene rings is 1. The predicted molar refractivity (Wildman–Crippen MR) is 84.1 cm³/mol. The van der Waals surface area contributed by atoms with Gasteiger partial charge in [0.2, 0.25) is 0 Å². The Bertz CT molecular complexity index is 413. The summed E-state index contributed by atoms with van der Waals surface area (Å²) in [5.41, 5.74) is 1.26. The van der Waals surface area contributed by atoms with E-state index in [0.717, 1.165) is 44.0 Å². The molecule has 2 unspecified atom stereocenters. The molecule has 1 aliphatic heterocycles. The zero-order chi connectivity index (χ0) is 14.4. The summed E-state index contributed by atoms with van der Waals surface area (Å²) in [6, 6.07) is 8.47. The monoisotopic (exact) mass is 296 g/mol. The third kappa shape index (κ3) is 4.45. The SMILES string of the molecule is CCNC(CCN1CCC(CO)C1)c1cccc(Cl)c1. The van der Waals surface area contributed by atoms with Crippen LogP contribution in [0.2, 0.25) is 5.02 Å². The van der Waals surface area contributed by atoms with Gasteiger partial charge in [-0.1, -0.05) is 30.7 Å². The van der Waals surface area contributed by atoms with Crippen molar-refractivity contribution in [3.8, 4) is 0 Å². The average molecular weight is 297 g/mol. The Kier molecular flexibility index (Phi) is 6.30. The van der Waals surface area contributed by atoms with E-state index in [0.29, 0.717) is 18.6 Å². The van der Waals surface area contributed by atoms with E-state index >= 15 is 0 Å². The quantitative estimate of drug-likeness (QED) is 0.812. The number of hydrogen-bond acceptors (Lipinski definition) is 3. The zero-order valence-corrected chi connectivity index (χ0v) is 12.9. The van der Waals surface area contributed by atoms with Gasteiger partial charge in [0.15, 0.2) is 0 Å². The second-order valence-corrected chi connectivity index (χ2v) is 6.03. The summed E-state index contributed by atoms with van der Waals surface area (Å²) >= 11 is 6.09. The van der Waals surface area contributed by atoms with Crippen molar-refractivity contribution >= 4 is 11.6 Å². The third-order valence-corrected chi connectivity index (χ3v) is 4.30. The van der Waals surface area contributed by atoms with E-state index in [2.05, 4.69) is 29.3 Å². The van der Waals surface area contributed by atoms with E-state index in [1.54, 1.807) is 0 Å². The fourth-order valence-electron chi connectivity index (χ4n) is 2.93. The minimum atomic E-state index is 0.321. The van der Waals surface area contributed by atoms with Crippen LogP contribution in [0.25, 0.3) is 0 Å². The summed E-state index contributed by atoms with van der Waals surface area (Å²) in [5, 5.41) is 13.5. The lowest BCUT2D eigenvalue weighted by Gasteiger charge is -2.22. The van der Waals surface area contributed by atoms with Crippen molar-refractivity contribution in [1.82, 2.24) is 10.2 Å². The molecule has 1 aromatic carbocycles. The van der Waals surface area contributed by atoms with Crippen molar-refractivity contribution in [2.24, 2.45) is 5.92 Å². The van der Waals surface area contributed by atoms with Crippen LogP contribution in [-0.2, 0) is 0 Å². The summed E-state index contributed by atoms with van der Waals surface area (Å²) in [4.78, 5) is 2.45. The molecule has 0 aromatic heterocycles. The molecule has 1 saturated heterocycles. The van der Waals surface area contributed by atoms with Gasteiger partial charge in [-0.05, 0) is 56.1 Å². The van der Waals surface area contributed by atoms with Crippen LogP contribution in [0.5, 0.6) is 0 Å². The molecule has 0 saturated carbocycles. The first kappa shape index (κ1) is 15.8. The lowest BCUT2D eigenvalue weighted by molar-refractivity contribution is 0.219. The first-order chi connectivity index (χ1) is 9.72. The van der Waals surface area contributed by atoms with Gasteiger partial charge in [-0.25, -0.2) is 0 Å². The lowest BCUT2D eigenvalue weighted by Crippen LogP contribution is -2.28. The molecule has 1 fully saturated rings. The number of nitrogens with one attached hydrogen (secondary N) is 1. The largest absolute Gasteiger partial charge is 0.396 e. The van der Waals surface area contributed by atoms with Crippen LogP contribution in [0.1, 0.15) is 31.4 Å². The van der Waals surface area contributed by atoms with E-state index in [4.69, 9.17) is 11.6 Å². The molecule has 4 heteroatoms. The van der Waals surface area contributed by atoms with Gasteiger partial charge in [0.25, 0.3) is 0 Å². The van der Waals surface area contributed by atoms with Gasteiger partial charge in [0.05, 0.1) is 0 Å². The molecule has 112 valence electrons. The molecule has 3 nitrogen and oxygen atoms in total. The van der Waals surface area contributed by atoms with Crippen molar-refractivity contribution in [3.63, 3.8) is 0 Å². The molecule has 2 N–H and O–H groups in total. The summed E-state index contributed by atoms with van der Waals surface area (Å²) in [7, 11) is 0. The van der Waals surface area contributed by atoms with E-state index in [1.165, 1.54) is 5.56 Å². The van der Waals surface area contributed by atoms with Gasteiger partial charge >= 0.3 is 0 Å². The number of rotatable bonds is 7. The van der Waals surface area contributed by atoms with Crippen molar-refractivity contribution in [1.29, 1.82) is 0 Å². The van der Waals surface area contributed by atoms with E-state index in [-0.39, 0.29) is 0 Å². The van der Waals surface area contributed by atoms with Crippen LogP contribution in [0, 0.1) is 5.92 Å². The fraction of sp³-hybridized carbons (Fsp3) is 0.625. The smallest absolute Gasteiger partial charge is 0.0471 e. The first-order valence-electron chi connectivity index (χ1n) is 7.55. The molecule has 0 radical (unpaired) electrons. The molecule has 0 amide bonds. The predicted octanol–water partition coefficient (Wildman–Crippen LogP) is 2.69. The van der Waals surface area contributed by atoms with E-state index in [9.17, 15) is 5.11 Å². The van der Waals surface area contributed by atoms with Crippen LogP contribution in [0.3, 0.4) is 0 Å². The Balaban J connectivity index is 1.89. The molecule has 1 aliphatic rings. The van der Waals surface area contributed by atoms with Gasteiger partial charge in [0.1, 0.15) is 0 Å². The third-order valence-electron chi connectivity index (χ3n) is 4.06. The number of halogens is 1. The molecule has 1 heterocycles. The highest BCUT2D eigenvalue weighted by atomic mass is 35.5. The van der Waals surface area contributed by atoms with Gasteiger partial charge < -0.3 is 15.3 Å². The first-order valence-corrected chi connectivity index (χ1v) is 7.92. The second-order valence-electron chi connectivity index (χ2n) is 5.59. The van der Waals surface area contributed by atoms with Crippen molar-refractivity contribution < 1.29 is 5.11 Å². The number of hydrogen-bond donors (Lipinski definition) is 2. The van der Waals surface area contributed by atoms with Gasteiger partial charge in [-0.15, -0.1) is 0 Å². The summed E-state index contributed by atoms with van der Waals surface area (Å²) in [6.07, 6.45) is 2.20. The Labute approximate surface area is 126 Å². The average Bonchev–Trinajstić information content (AvgIpc) is 2.91. The van der Waals surface area contributed by atoms with Crippen molar-refractivity contribution in [2.75, 3.05) is 32.8 Å². The van der Waals surface area contributed by atoms with Crippen LogP contribution in [0.4, 0.5) is 0 Å². The van der Waals surface area contributed by atoms with Crippen molar-refractivity contribution in [2.45, 2.75) is 25.8 Å². The van der Waals surface area contributed by atoms with Gasteiger partial charge in [0, 0.05) is 24.2 Å². The van der Waals surface area contributed by atoms with Crippen LogP contribution < -0.4 is 5.32 Å². The molecule has 1 aromatic rings. The molecule has 0 aliphatic carbocycles. The minimum Gasteiger partial charge on any atom is -0.396 e. The molecule has 2 atom stereocenters. The highest BCUT2D eigenvalue weighted by Gasteiger charge is 2.22. The summed E-state index contributed by atoms with van der Waals surface area (Å²) in [6.45, 7) is 6.62. The van der Waals surface area contributed by atoms with Crippen molar-refractivity contribution in [3.05, 3.63) is 34.9 Å². The normalized spacial score (nSPS) is 21.2. The zero-order valence-electron chi connectivity index (χ0n) is 12.2. The molecule has 20 heavy (non-hydrogen) atoms. The Hall–Kier alpha value is -0.610. The molecule has 2 rings (SSSR count). The maximum atomic E-state index is 9.20. The van der Waals surface area contributed by atoms with Crippen LogP contribution in [0.15, 0.2) is 24.3 Å². The molecular weight excluding hydrogens is 272 g/mol. The Morgan fingerprint density at radius 2 is 2.35 bits per heavy atom. The number of aliphatic hydroxyl groups excluding tert-OH is 1. The van der Waals surface area contributed by atoms with Crippen LogP contribution in [-0.4, -0.2) is 42.8 Å². The summed E-state index contributed by atoms with van der Waals surface area (Å²) in [5.74, 6) is 0.471. The number of aliphatic hydroxyl groups is 1. The maximum absolute atomic E-state index is 9.20. The minimum absolute atomic E-state index is 0.321. The fourth-order valence-corrected chi connectivity index (χ4v) is 3.13. The second kappa shape index (κ2) is 7.99. The van der Waals surface area contributed by atoms with Gasteiger partial charge in [-0.3, -0.25) is 0 Å². The molecule has 0 bridgehead atoms. The number of nitrogens with zero attached hydrogens (tertiary/aromatic N) is 1. The molecule has 0 spiro atoms. The molecular formula is C16H25ClN2O. The number of likely N-dealkylation sites (tertiary alicyclic amines) is 1. The maximum Gasteiger partial charge on any atom is 0.0471 e. The topological polar surface area (TPSA) is 35.5 Å². The summed E-state index contributed by atoms with van der Waals surface area (Å²) < 4.78 is 0. The van der Waals surface area contributed by atoms with Crippen LogP contribution >= 0.6 is 11.6 Å². The van der Waals surface area contributed by atoms with E-state index < -0.39 is 0 Å². The lowest BCUT2D eigenvalue weighted by atomic mass is 10.0. The van der Waals surface area contributed by atoms with Gasteiger partial charge in [-0.2, -0.15) is 0 Å².